The van der Waals surface area contributed by atoms with E-state index >= 15 is 0 Å². The molecule has 0 unspecified atom stereocenters. The number of nitrogens with zero attached hydrogens (tertiary/aromatic N) is 1. The van der Waals surface area contributed by atoms with E-state index < -0.39 is 6.03 Å². The van der Waals surface area contributed by atoms with Crippen LogP contribution in [0.3, 0.4) is 0 Å². The number of carbonyl (C=O) groups excluding carboxylic acids is 2. The number of nitrogens with one attached hydrogen (secondary N) is 3. The summed E-state index contributed by atoms with van der Waals surface area (Å²) >= 11 is 0. The number of carbonyl (C=O) groups is 2. The van der Waals surface area contributed by atoms with Crippen LogP contribution in [0.25, 0.3) is 0 Å². The highest BCUT2D eigenvalue weighted by Crippen LogP contribution is 2.30. The molecule has 8 nitrogen and oxygen atoms in total. The minimum atomic E-state index is -0.396. The molecule has 0 bridgehead atoms. The zero-order valence-corrected chi connectivity index (χ0v) is 20.0. The Hall–Kier alpha value is -4.20. The number of hydrogen-bond donors (Lipinski definition) is 3. The van der Waals surface area contributed by atoms with Crippen LogP contribution in [0.15, 0.2) is 66.7 Å². The van der Waals surface area contributed by atoms with E-state index in [-0.39, 0.29) is 5.91 Å². The number of urea groups is 1. The maximum Gasteiger partial charge on any atom is 0.323 e. The van der Waals surface area contributed by atoms with Gasteiger partial charge in [-0.2, -0.15) is 0 Å². The lowest BCUT2D eigenvalue weighted by Crippen LogP contribution is -2.26. The number of ether oxygens (including phenoxy) is 2. The molecule has 4 rings (SSSR count). The lowest BCUT2D eigenvalue weighted by molar-refractivity contribution is 0.0951. The summed E-state index contributed by atoms with van der Waals surface area (Å²) in [7, 11) is 3.19. The summed E-state index contributed by atoms with van der Waals surface area (Å²) in [5.74, 6) is 1.16. The average molecular weight is 475 g/mol. The lowest BCUT2D eigenvalue weighted by atomic mass is 10.1. The molecule has 0 atom stereocenters. The highest BCUT2D eigenvalue weighted by molar-refractivity contribution is 6.04. The largest absolute Gasteiger partial charge is 0.497 e. The second-order valence-electron chi connectivity index (χ2n) is 8.27. The molecule has 0 radical (unpaired) electrons. The van der Waals surface area contributed by atoms with E-state index in [1.54, 1.807) is 44.6 Å². The number of methoxy groups -OCH3 is 2. The fourth-order valence-electron chi connectivity index (χ4n) is 4.06. The molecule has 1 fully saturated rings. The maximum absolute atomic E-state index is 12.9. The number of rotatable bonds is 8. The van der Waals surface area contributed by atoms with Crippen molar-refractivity contribution in [1.82, 2.24) is 5.32 Å². The summed E-state index contributed by atoms with van der Waals surface area (Å²) in [6, 6.07) is 19.7. The fourth-order valence-corrected chi connectivity index (χ4v) is 4.06. The monoisotopic (exact) mass is 474 g/mol. The summed E-state index contributed by atoms with van der Waals surface area (Å²) in [4.78, 5) is 27.9. The first-order valence-corrected chi connectivity index (χ1v) is 11.6. The van der Waals surface area contributed by atoms with Crippen LogP contribution < -0.4 is 30.3 Å². The van der Waals surface area contributed by atoms with Gasteiger partial charge in [-0.05, 0) is 60.9 Å². The zero-order valence-electron chi connectivity index (χ0n) is 20.0. The van der Waals surface area contributed by atoms with Gasteiger partial charge in [-0.25, -0.2) is 4.79 Å². The van der Waals surface area contributed by atoms with Gasteiger partial charge in [-0.15, -0.1) is 0 Å². The van der Waals surface area contributed by atoms with E-state index in [4.69, 9.17) is 9.47 Å². The van der Waals surface area contributed by atoms with Crippen molar-refractivity contribution in [2.75, 3.05) is 42.8 Å². The number of hydrogen-bond acceptors (Lipinski definition) is 5. The Morgan fingerprint density at radius 1 is 0.857 bits per heavy atom. The fraction of sp³-hybridized carbons (Fsp3) is 0.259. The molecular weight excluding hydrogens is 444 g/mol. The topological polar surface area (TPSA) is 91.9 Å². The van der Waals surface area contributed by atoms with E-state index in [1.165, 1.54) is 0 Å². The molecule has 3 aromatic rings. The first-order chi connectivity index (χ1) is 17.1. The first kappa shape index (κ1) is 23.9. The van der Waals surface area contributed by atoms with E-state index in [0.29, 0.717) is 29.2 Å². The molecule has 0 aliphatic carbocycles. The molecule has 3 N–H and O–H groups in total. The van der Waals surface area contributed by atoms with Crippen molar-refractivity contribution in [2.24, 2.45) is 0 Å². The van der Waals surface area contributed by atoms with Gasteiger partial charge in [0.2, 0.25) is 0 Å². The Bertz CT molecular complexity index is 1190. The molecule has 0 spiro atoms. The third kappa shape index (κ3) is 6.23. The second-order valence-corrected chi connectivity index (χ2v) is 8.27. The predicted octanol–water partition coefficient (Wildman–Crippen LogP) is 4.88. The molecule has 8 heteroatoms. The quantitative estimate of drug-likeness (QED) is 0.433. The maximum atomic E-state index is 12.9. The minimum Gasteiger partial charge on any atom is -0.497 e. The van der Waals surface area contributed by atoms with Gasteiger partial charge in [0, 0.05) is 37.0 Å². The summed E-state index contributed by atoms with van der Waals surface area (Å²) in [6.07, 6.45) is 2.19. The van der Waals surface area contributed by atoms with Crippen molar-refractivity contribution >= 4 is 29.0 Å². The van der Waals surface area contributed by atoms with Crippen LogP contribution in [0.5, 0.6) is 11.5 Å². The van der Waals surface area contributed by atoms with Crippen LogP contribution in [-0.2, 0) is 6.54 Å². The van der Waals surface area contributed by atoms with Gasteiger partial charge in [0.15, 0.2) is 0 Å². The van der Waals surface area contributed by atoms with Crippen LogP contribution in [0.1, 0.15) is 28.8 Å². The van der Waals surface area contributed by atoms with Crippen molar-refractivity contribution in [2.45, 2.75) is 19.4 Å². The SMILES string of the molecule is COc1cccc(CNC(=O)c2ccc(N3CCCC3)c(NC(=O)Nc3cccc(OC)c3)c2)c1. The van der Waals surface area contributed by atoms with Crippen molar-refractivity contribution in [1.29, 1.82) is 0 Å². The first-order valence-electron chi connectivity index (χ1n) is 11.6. The molecule has 182 valence electrons. The van der Waals surface area contributed by atoms with Gasteiger partial charge in [-0.3, -0.25) is 4.79 Å². The highest BCUT2D eigenvalue weighted by Gasteiger charge is 2.19. The lowest BCUT2D eigenvalue weighted by Gasteiger charge is -2.22. The van der Waals surface area contributed by atoms with Gasteiger partial charge < -0.3 is 30.3 Å². The van der Waals surface area contributed by atoms with Gasteiger partial charge in [0.25, 0.3) is 5.91 Å². The molecular formula is C27H30N4O4. The zero-order chi connectivity index (χ0) is 24.6. The van der Waals surface area contributed by atoms with Crippen LogP contribution in [0.4, 0.5) is 21.9 Å². The van der Waals surface area contributed by atoms with Crippen molar-refractivity contribution in [3.63, 3.8) is 0 Å². The van der Waals surface area contributed by atoms with Gasteiger partial charge in [0.1, 0.15) is 11.5 Å². The summed E-state index contributed by atoms with van der Waals surface area (Å²) < 4.78 is 10.5. The van der Waals surface area contributed by atoms with Gasteiger partial charge in [0.05, 0.1) is 25.6 Å². The molecule has 3 amide bonds. The van der Waals surface area contributed by atoms with Crippen LogP contribution in [-0.4, -0.2) is 39.2 Å². The van der Waals surface area contributed by atoms with Gasteiger partial charge >= 0.3 is 6.03 Å². The molecule has 1 heterocycles. The van der Waals surface area contributed by atoms with E-state index in [0.717, 1.165) is 42.9 Å². The minimum absolute atomic E-state index is 0.225. The van der Waals surface area contributed by atoms with Crippen molar-refractivity contribution < 1.29 is 19.1 Å². The molecule has 0 saturated carbocycles. The number of benzene rings is 3. The summed E-state index contributed by atoms with van der Waals surface area (Å²) in [5.41, 5.74) is 3.49. The molecule has 3 aromatic carbocycles. The standard InChI is InChI=1S/C27H30N4O4/c1-34-22-9-5-7-19(15-22)18-28-26(32)20-11-12-25(31-13-3-4-14-31)24(16-20)30-27(33)29-21-8-6-10-23(17-21)35-2/h5-12,15-17H,3-4,13-14,18H2,1-2H3,(H,28,32)(H2,29,30,33). The second kappa shape index (κ2) is 11.3. The van der Waals surface area contributed by atoms with Gasteiger partial charge in [-0.1, -0.05) is 18.2 Å². The van der Waals surface area contributed by atoms with Crippen molar-refractivity contribution in [3.8, 4) is 11.5 Å². The Balaban J connectivity index is 1.50. The highest BCUT2D eigenvalue weighted by atomic mass is 16.5. The normalized spacial score (nSPS) is 12.7. The van der Waals surface area contributed by atoms with Crippen LogP contribution in [0.2, 0.25) is 0 Å². The average Bonchev–Trinajstić information content (AvgIpc) is 3.42. The Labute approximate surface area is 205 Å². The summed E-state index contributed by atoms with van der Waals surface area (Å²) in [6.45, 7) is 2.18. The molecule has 1 aliphatic heterocycles. The number of anilines is 3. The van der Waals surface area contributed by atoms with Crippen LogP contribution in [0, 0.1) is 0 Å². The van der Waals surface area contributed by atoms with Crippen molar-refractivity contribution in [3.05, 3.63) is 77.9 Å². The molecule has 35 heavy (non-hydrogen) atoms. The summed E-state index contributed by atoms with van der Waals surface area (Å²) in [5, 5.41) is 8.69. The van der Waals surface area contributed by atoms with E-state index in [9.17, 15) is 9.59 Å². The third-order valence-corrected chi connectivity index (χ3v) is 5.87. The van der Waals surface area contributed by atoms with E-state index in [1.807, 2.05) is 36.4 Å². The third-order valence-electron chi connectivity index (χ3n) is 5.87. The number of amides is 3. The smallest absolute Gasteiger partial charge is 0.323 e. The van der Waals surface area contributed by atoms with E-state index in [2.05, 4.69) is 20.9 Å². The predicted molar refractivity (Wildman–Crippen MR) is 138 cm³/mol. The molecule has 1 aliphatic rings. The Morgan fingerprint density at radius 2 is 1.57 bits per heavy atom. The molecule has 1 saturated heterocycles. The Morgan fingerprint density at radius 3 is 2.31 bits per heavy atom. The van der Waals surface area contributed by atoms with Crippen LogP contribution >= 0.6 is 0 Å². The molecule has 0 aromatic heterocycles. The Kier molecular flexibility index (Phi) is 7.72.